The minimum atomic E-state index is -0.378. The number of primary amides is 1. The minimum Gasteiger partial charge on any atom is -0.366 e. The molecule has 0 radical (unpaired) electrons. The molecule has 4 N–H and O–H groups in total. The Morgan fingerprint density at radius 1 is 0.324 bits per heavy atom. The van der Waals surface area contributed by atoms with Crippen molar-refractivity contribution in [2.24, 2.45) is 35.1 Å². The maximum absolute atomic E-state index is 11.6. The summed E-state index contributed by atoms with van der Waals surface area (Å²) in [5.74, 6) is 6.40. The lowest BCUT2D eigenvalue weighted by molar-refractivity contribution is -0.116. The molecule has 14 heteroatoms. The van der Waals surface area contributed by atoms with Crippen LogP contribution in [0.15, 0.2) is 194 Å². The van der Waals surface area contributed by atoms with E-state index in [1.165, 1.54) is 128 Å². The van der Waals surface area contributed by atoms with E-state index >= 15 is 0 Å². The van der Waals surface area contributed by atoms with E-state index < -0.39 is 0 Å². The van der Waals surface area contributed by atoms with Gasteiger partial charge < -0.3 is 11.5 Å². The Labute approximate surface area is 709 Å². The number of carbonyl (C=O) groups is 2. The van der Waals surface area contributed by atoms with Gasteiger partial charge in [0.15, 0.2) is 0 Å². The molecule has 10 aromatic rings. The largest absolute Gasteiger partial charge is 0.366 e. The number of aryl methyl sites for hydroxylation is 1. The molecule has 5 aliphatic rings. The molecule has 15 rings (SSSR count). The lowest BCUT2D eigenvalue weighted by atomic mass is 9.70. The summed E-state index contributed by atoms with van der Waals surface area (Å²) in [6.07, 6.45) is 13.3. The van der Waals surface area contributed by atoms with Crippen LogP contribution in [-0.4, -0.2) is 11.7 Å². The Morgan fingerprint density at radius 3 is 0.982 bits per heavy atom. The minimum absolute atomic E-state index is 0.206. The Morgan fingerprint density at radius 2 is 0.631 bits per heavy atom. The summed E-state index contributed by atoms with van der Waals surface area (Å²) in [5, 5.41) is 6.17. The highest BCUT2D eigenvalue weighted by Gasteiger charge is 2.35. The van der Waals surface area contributed by atoms with Gasteiger partial charge in [-0.2, -0.15) is 0 Å². The van der Waals surface area contributed by atoms with E-state index in [9.17, 15) is 9.59 Å². The van der Waals surface area contributed by atoms with Gasteiger partial charge in [-0.05, 0) is 292 Å². The number of halogens is 10. The van der Waals surface area contributed by atoms with Gasteiger partial charge in [-0.1, -0.05) is 293 Å². The Bertz CT molecular complexity index is 4930. The van der Waals surface area contributed by atoms with Crippen molar-refractivity contribution in [3.05, 3.63) is 344 Å². The first-order valence-corrected chi connectivity index (χ1v) is 43.2. The van der Waals surface area contributed by atoms with Crippen molar-refractivity contribution in [2.45, 2.75) is 199 Å². The van der Waals surface area contributed by atoms with Crippen LogP contribution >= 0.6 is 116 Å². The highest BCUT2D eigenvalue weighted by atomic mass is 35.5. The summed E-state index contributed by atoms with van der Waals surface area (Å²) >= 11 is 61.3. The van der Waals surface area contributed by atoms with Crippen molar-refractivity contribution >= 4 is 128 Å². The predicted octanol–water partition coefficient (Wildman–Crippen LogP) is 30.8. The SMILES string of the molecule is CC(=O)Cc1ccc2c(c1)[C@@H](C(C)C)CC[C@H]2c1ccc(Cl)c(Cl)c1.CC(C)C1CCC(c2ccc(Cl)c(Cl)c2)c2ccc(C(N)=O)cc21.CC(C)C1CCC(c2ccc(Cl)c(Cl)c2)c2ccc(CN)cc21.CC(C)C1CC[C@@H](c2ccc(Cl)c(Cl)c2)c2ccccc21.Clc1ccc([C@@H]2CCCc3ccccc32)cc1Cl. The van der Waals surface area contributed by atoms with E-state index in [4.69, 9.17) is 127 Å². The molecule has 0 aliphatic heterocycles. The van der Waals surface area contributed by atoms with Crippen LogP contribution in [0.5, 0.6) is 0 Å². The van der Waals surface area contributed by atoms with Crippen molar-refractivity contribution in [3.63, 3.8) is 0 Å². The van der Waals surface area contributed by atoms with Crippen LogP contribution in [0.1, 0.15) is 285 Å². The molecule has 0 fully saturated rings. The molecule has 0 aromatic heterocycles. The Hall–Kier alpha value is -5.80. The first-order chi connectivity index (χ1) is 53.1. The van der Waals surface area contributed by atoms with E-state index in [2.05, 4.69) is 171 Å². The van der Waals surface area contributed by atoms with E-state index in [0.29, 0.717) is 140 Å². The zero-order chi connectivity index (χ0) is 79.6. The van der Waals surface area contributed by atoms with Crippen LogP contribution in [0, 0.1) is 23.7 Å². The molecule has 0 heterocycles. The number of carbonyl (C=O) groups excluding carboxylic acids is 2. The number of nitrogens with two attached hydrogens (primary N) is 2. The number of fused-ring (bicyclic) bond motifs is 5. The molecule has 111 heavy (non-hydrogen) atoms. The number of hydrogen-bond acceptors (Lipinski definition) is 3. The predicted molar refractivity (Wildman–Crippen MR) is 475 cm³/mol. The molecule has 5 unspecified atom stereocenters. The van der Waals surface area contributed by atoms with Crippen molar-refractivity contribution < 1.29 is 9.59 Å². The van der Waals surface area contributed by atoms with Crippen molar-refractivity contribution in [2.75, 3.05) is 0 Å². The van der Waals surface area contributed by atoms with Crippen LogP contribution in [0.2, 0.25) is 50.2 Å². The second-order valence-corrected chi connectivity index (χ2v) is 36.4. The first kappa shape index (κ1) is 86.1. The van der Waals surface area contributed by atoms with E-state index in [1.807, 2.05) is 78.9 Å². The molecule has 1 amide bonds. The zero-order valence-corrected chi connectivity index (χ0v) is 72.5. The van der Waals surface area contributed by atoms with Crippen LogP contribution in [0.25, 0.3) is 0 Å². The maximum Gasteiger partial charge on any atom is 0.248 e. The molecule has 582 valence electrons. The normalized spacial score (nSPS) is 20.1. The van der Waals surface area contributed by atoms with Gasteiger partial charge in [0.05, 0.1) is 50.2 Å². The second kappa shape index (κ2) is 39.2. The average Bonchev–Trinajstić information content (AvgIpc) is 0.783. The van der Waals surface area contributed by atoms with Crippen LogP contribution in [0.4, 0.5) is 0 Å². The van der Waals surface area contributed by atoms with Gasteiger partial charge in [0.2, 0.25) is 5.91 Å². The first-order valence-electron chi connectivity index (χ1n) is 39.4. The number of Topliss-reactive ketones (excluding diaryl/α,β-unsaturated/α-hetero) is 1. The van der Waals surface area contributed by atoms with Crippen LogP contribution in [-0.2, 0) is 24.2 Å². The summed E-state index contributed by atoms with van der Waals surface area (Å²) in [6.45, 7) is 20.5. The lowest BCUT2D eigenvalue weighted by Gasteiger charge is -2.34. The molecular formula is C97H102Cl10N2O2. The molecular weight excluding hydrogens is 1580 g/mol. The van der Waals surface area contributed by atoms with Gasteiger partial charge in [0.1, 0.15) is 5.78 Å². The highest BCUT2D eigenvalue weighted by Crippen LogP contribution is 2.51. The molecule has 0 saturated carbocycles. The van der Waals surface area contributed by atoms with Crippen molar-refractivity contribution in [1.29, 1.82) is 0 Å². The van der Waals surface area contributed by atoms with Gasteiger partial charge in [-0.3, -0.25) is 9.59 Å². The molecule has 10 aromatic carbocycles. The van der Waals surface area contributed by atoms with Gasteiger partial charge in [-0.25, -0.2) is 0 Å². The summed E-state index contributed by atoms with van der Waals surface area (Å²) in [5.41, 5.74) is 34.5. The third-order valence-corrected chi connectivity index (χ3v) is 27.5. The van der Waals surface area contributed by atoms with Gasteiger partial charge in [0.25, 0.3) is 0 Å². The standard InChI is InChI=1S/C22H24Cl2O.C20H21Cl2NO.C20H23Cl2N.C19H20Cl2.C16H14Cl2/c1-13(2)17-7-8-18(16-5-9-21(23)22(24)12-16)19-6-4-15(10-14(3)25)11-20(17)19;1-11(2)14-6-7-15(12-4-8-18(21)19(22)10-12)16-5-3-13(20(23)24)9-17(14)16;1-12(2)15-6-7-16(14-4-8-19(21)20(22)10-14)17-5-3-13(11-23)9-18(15)17;1-12(2)14-8-9-15(17-6-4-3-5-16(14)17)13-7-10-18(20)19(21)11-13;17-15-9-8-12(10-16(15)18)14-7-3-5-11-4-1-2-6-13(11)14/h4-6,9,11-13,17-18H,7-8,10H2,1-3H3;3-5,8-11,14-15H,6-7H2,1-2H3,(H2,23,24);3-5,8-10,12,15-16H,6-7,11,23H2,1-2H3;3-7,10-12,14-15H,8-9H2,1-2H3;1-2,4,6,8-10,14H,3,5,7H2/t17-,18+;;;14?,15-;14-/m1..00/s1. The molecule has 0 spiro atoms. The molecule has 4 nitrogen and oxygen atoms in total. The Kier molecular flexibility index (Phi) is 30.4. The van der Waals surface area contributed by atoms with Gasteiger partial charge in [0, 0.05) is 48.1 Å². The smallest absolute Gasteiger partial charge is 0.248 e. The monoisotopic (exact) mass is 1680 g/mol. The highest BCUT2D eigenvalue weighted by molar-refractivity contribution is 6.44. The molecule has 0 saturated heterocycles. The summed E-state index contributed by atoms with van der Waals surface area (Å²) in [6, 6.07) is 66.7. The quantitative estimate of drug-likeness (QED) is 0.121. The number of benzene rings is 10. The van der Waals surface area contributed by atoms with Crippen molar-refractivity contribution in [1.82, 2.24) is 0 Å². The number of amides is 1. The zero-order valence-electron chi connectivity index (χ0n) is 64.9. The average molecular weight is 1680 g/mol. The second-order valence-electron chi connectivity index (χ2n) is 32.3. The van der Waals surface area contributed by atoms with Crippen molar-refractivity contribution in [3.8, 4) is 0 Å². The molecule has 5 aliphatic carbocycles. The van der Waals surface area contributed by atoms with E-state index in [-0.39, 0.29) is 17.6 Å². The van der Waals surface area contributed by atoms with Crippen LogP contribution in [0.3, 0.4) is 0 Å². The summed E-state index contributed by atoms with van der Waals surface area (Å²) in [7, 11) is 0. The summed E-state index contributed by atoms with van der Waals surface area (Å²) in [4.78, 5) is 23.1. The molecule has 9 atom stereocenters. The molecule has 0 bridgehead atoms. The fourth-order valence-electron chi connectivity index (χ4n) is 18.1. The van der Waals surface area contributed by atoms with Gasteiger partial charge >= 0.3 is 0 Å². The number of ketones is 1. The number of rotatable bonds is 13. The van der Waals surface area contributed by atoms with Crippen LogP contribution < -0.4 is 11.5 Å². The third-order valence-electron chi connectivity index (χ3n) is 23.8. The summed E-state index contributed by atoms with van der Waals surface area (Å²) < 4.78 is 0. The topological polar surface area (TPSA) is 86.2 Å². The third kappa shape index (κ3) is 20.9. The lowest BCUT2D eigenvalue weighted by Crippen LogP contribution is -2.21. The fourth-order valence-corrected chi connectivity index (χ4v) is 19.6. The maximum atomic E-state index is 11.6. The Balaban J connectivity index is 0.000000138. The fraction of sp³-hybridized carbons (Fsp3) is 0.361. The number of hydrogen-bond donors (Lipinski definition) is 2. The van der Waals surface area contributed by atoms with E-state index in [1.54, 1.807) is 6.92 Å². The van der Waals surface area contributed by atoms with Gasteiger partial charge in [-0.15, -0.1) is 0 Å². The van der Waals surface area contributed by atoms with E-state index in [0.717, 1.165) is 37.7 Å².